The summed E-state index contributed by atoms with van der Waals surface area (Å²) in [5.74, 6) is -0.558. The number of guanidine groups is 1. The molecule has 11 nitrogen and oxygen atoms in total. The average molecular weight is 474 g/mol. The van der Waals surface area contributed by atoms with Crippen LogP contribution in [0.1, 0.15) is 12.0 Å². The molecule has 14 heteroatoms. The zero-order valence-electron chi connectivity index (χ0n) is 15.9. The number of hydrogen-bond acceptors (Lipinski definition) is 7. The predicted molar refractivity (Wildman–Crippen MR) is 113 cm³/mol. The highest BCUT2D eigenvalue weighted by molar-refractivity contribution is 7.90. The van der Waals surface area contributed by atoms with Gasteiger partial charge in [0.25, 0.3) is 10.0 Å². The Kier molecular flexibility index (Phi) is 6.45. The van der Waals surface area contributed by atoms with Crippen molar-refractivity contribution in [2.75, 3.05) is 18.8 Å². The molecule has 0 spiro atoms. The summed E-state index contributed by atoms with van der Waals surface area (Å²) in [5, 5.41) is 15.1. The number of halogens is 1. The molecule has 0 saturated carbocycles. The number of nitrogens with one attached hydrogen (secondary N) is 1. The Morgan fingerprint density at radius 3 is 2.53 bits per heavy atom. The molecule has 3 rings (SSSR count). The van der Waals surface area contributed by atoms with Crippen LogP contribution in [0.25, 0.3) is 0 Å². The lowest BCUT2D eigenvalue weighted by molar-refractivity contribution is 0.475. The first-order chi connectivity index (χ1) is 14.0. The first-order valence-electron chi connectivity index (χ1n) is 8.72. The summed E-state index contributed by atoms with van der Waals surface area (Å²) in [4.78, 5) is 4.08. The number of nitrogens with two attached hydrogens (primary N) is 1. The third kappa shape index (κ3) is 5.78. The minimum atomic E-state index is -4.05. The van der Waals surface area contributed by atoms with Crippen molar-refractivity contribution in [2.45, 2.75) is 11.4 Å². The smallest absolute Gasteiger partial charge is 0.274 e. The zero-order valence-corrected chi connectivity index (χ0v) is 18.3. The first-order valence-corrected chi connectivity index (χ1v) is 12.3. The highest BCUT2D eigenvalue weighted by Crippen LogP contribution is 2.17. The quantitative estimate of drug-likeness (QED) is 0.448. The molecule has 162 valence electrons. The molecule has 0 amide bonds. The Balaban J connectivity index is 1.87. The molecule has 0 fully saturated rings. The van der Waals surface area contributed by atoms with Crippen LogP contribution in [0.5, 0.6) is 0 Å². The maximum Gasteiger partial charge on any atom is 0.283 e. The number of primary sulfonamides is 1. The summed E-state index contributed by atoms with van der Waals surface area (Å²) in [5.41, 5.74) is 1.54. The molecule has 1 aliphatic heterocycles. The van der Waals surface area contributed by atoms with Gasteiger partial charge in [-0.2, -0.15) is 18.6 Å². The number of nitrogens with zero attached hydrogens (tertiary/aromatic N) is 5. The van der Waals surface area contributed by atoms with E-state index in [9.17, 15) is 16.8 Å². The summed E-state index contributed by atoms with van der Waals surface area (Å²) in [7, 11) is -6.23. The molecule has 0 aliphatic carbocycles. The van der Waals surface area contributed by atoms with Crippen LogP contribution >= 0.6 is 11.6 Å². The van der Waals surface area contributed by atoms with Crippen LogP contribution in [-0.4, -0.2) is 62.1 Å². The van der Waals surface area contributed by atoms with Crippen molar-refractivity contribution in [3.8, 4) is 0 Å². The van der Waals surface area contributed by atoms with Gasteiger partial charge in [-0.15, -0.1) is 0 Å². The summed E-state index contributed by atoms with van der Waals surface area (Å²) < 4.78 is 51.4. The monoisotopic (exact) mass is 473 g/mol. The molecule has 0 bridgehead atoms. The SMILES string of the molecule is Cn1ccc(S(=O)(=O)NC(=NCCS(N)(=O)=O)N2CCC(c3ccc(Cl)cc3)=N2)n1. The molecule has 0 radical (unpaired) electrons. The van der Waals surface area contributed by atoms with Gasteiger partial charge in [-0.25, -0.2) is 28.3 Å². The van der Waals surface area contributed by atoms with Gasteiger partial charge in [0.1, 0.15) is 0 Å². The van der Waals surface area contributed by atoms with Crippen molar-refractivity contribution >= 4 is 43.3 Å². The van der Waals surface area contributed by atoms with Crippen LogP contribution < -0.4 is 9.86 Å². The van der Waals surface area contributed by atoms with E-state index < -0.39 is 25.8 Å². The number of aliphatic imine (C=N–C) groups is 1. The number of sulfonamides is 2. The highest BCUT2D eigenvalue weighted by Gasteiger charge is 2.26. The normalized spacial score (nSPS) is 15.4. The van der Waals surface area contributed by atoms with Gasteiger partial charge in [-0.3, -0.25) is 4.68 Å². The lowest BCUT2D eigenvalue weighted by Gasteiger charge is -2.17. The molecule has 2 heterocycles. The predicted octanol–water partition coefficient (Wildman–Crippen LogP) is 0.106. The summed E-state index contributed by atoms with van der Waals surface area (Å²) in [6.45, 7) is 0.109. The van der Waals surface area contributed by atoms with E-state index in [0.717, 1.165) is 5.56 Å². The van der Waals surface area contributed by atoms with Gasteiger partial charge in [0.2, 0.25) is 16.0 Å². The molecular formula is C16H20ClN7O4S2. The second-order valence-corrected chi connectivity index (χ2v) is 10.2. The lowest BCUT2D eigenvalue weighted by atomic mass is 10.1. The summed E-state index contributed by atoms with van der Waals surface area (Å²) in [6, 6.07) is 8.40. The van der Waals surface area contributed by atoms with Crippen molar-refractivity contribution in [1.82, 2.24) is 19.5 Å². The number of benzene rings is 1. The Bertz CT molecular complexity index is 1190. The van der Waals surface area contributed by atoms with Crippen LogP contribution in [0.2, 0.25) is 5.02 Å². The minimum absolute atomic E-state index is 0.117. The maximum absolute atomic E-state index is 12.7. The van der Waals surface area contributed by atoms with E-state index in [0.29, 0.717) is 23.7 Å². The molecule has 1 aromatic heterocycles. The average Bonchev–Trinajstić information content (AvgIpc) is 3.30. The molecule has 30 heavy (non-hydrogen) atoms. The van der Waals surface area contributed by atoms with Gasteiger partial charge in [0.15, 0.2) is 5.03 Å². The van der Waals surface area contributed by atoms with E-state index in [2.05, 4.69) is 19.9 Å². The van der Waals surface area contributed by atoms with E-state index in [1.54, 1.807) is 31.3 Å². The molecule has 2 aromatic rings. The first kappa shape index (κ1) is 22.2. The van der Waals surface area contributed by atoms with E-state index in [-0.39, 0.29) is 17.5 Å². The molecule has 0 unspecified atom stereocenters. The third-order valence-corrected chi connectivity index (χ3v) is 6.27. The Morgan fingerprint density at radius 2 is 1.93 bits per heavy atom. The molecule has 3 N–H and O–H groups in total. The van der Waals surface area contributed by atoms with E-state index in [4.69, 9.17) is 16.7 Å². The minimum Gasteiger partial charge on any atom is -0.274 e. The van der Waals surface area contributed by atoms with Crippen molar-refractivity contribution in [1.29, 1.82) is 0 Å². The van der Waals surface area contributed by atoms with Gasteiger partial charge >= 0.3 is 0 Å². The van der Waals surface area contributed by atoms with Gasteiger partial charge in [0, 0.05) is 24.7 Å². The molecule has 1 aliphatic rings. The maximum atomic E-state index is 12.7. The fourth-order valence-corrected chi connectivity index (χ4v) is 4.07. The van der Waals surface area contributed by atoms with Crippen LogP contribution in [0.3, 0.4) is 0 Å². The fourth-order valence-electron chi connectivity index (χ4n) is 2.61. The topological polar surface area (TPSA) is 152 Å². The van der Waals surface area contributed by atoms with Crippen LogP contribution in [0, 0.1) is 0 Å². The number of aryl methyl sites for hydroxylation is 1. The lowest BCUT2D eigenvalue weighted by Crippen LogP contribution is -2.41. The largest absolute Gasteiger partial charge is 0.283 e. The second kappa shape index (κ2) is 8.71. The molecule has 0 saturated heterocycles. The van der Waals surface area contributed by atoms with Crippen LogP contribution in [0.4, 0.5) is 0 Å². The second-order valence-electron chi connectivity index (χ2n) is 6.43. The van der Waals surface area contributed by atoms with Crippen molar-refractivity contribution in [2.24, 2.45) is 22.3 Å². The summed E-state index contributed by atoms with van der Waals surface area (Å²) >= 11 is 5.91. The number of aromatic nitrogens is 2. The third-order valence-electron chi connectivity index (χ3n) is 4.05. The van der Waals surface area contributed by atoms with E-state index in [1.165, 1.54) is 22.0 Å². The number of rotatable bonds is 6. The number of hydrazone groups is 1. The Morgan fingerprint density at radius 1 is 1.23 bits per heavy atom. The summed E-state index contributed by atoms with van der Waals surface area (Å²) in [6.07, 6.45) is 2.01. The van der Waals surface area contributed by atoms with Crippen molar-refractivity contribution < 1.29 is 16.8 Å². The van der Waals surface area contributed by atoms with Gasteiger partial charge in [0.05, 0.1) is 24.6 Å². The highest BCUT2D eigenvalue weighted by atomic mass is 35.5. The van der Waals surface area contributed by atoms with E-state index in [1.807, 2.05) is 0 Å². The number of hydrogen-bond donors (Lipinski definition) is 2. The zero-order chi connectivity index (χ0) is 21.9. The standard InChI is InChI=1S/C16H20ClN7O4S2/c1-23-9-7-15(21-23)30(27,28)22-16(19-8-11-29(18,25)26)24-10-6-14(20-24)12-2-4-13(17)5-3-12/h2-5,7,9H,6,8,10-11H2,1H3,(H,19,22)(H2,18,25,26). The van der Waals surface area contributed by atoms with E-state index >= 15 is 0 Å². The molecule has 1 aromatic carbocycles. The van der Waals surface area contributed by atoms with Gasteiger partial charge in [-0.1, -0.05) is 23.7 Å². The van der Waals surface area contributed by atoms with Crippen molar-refractivity contribution in [3.05, 3.63) is 47.1 Å². The van der Waals surface area contributed by atoms with Crippen molar-refractivity contribution in [3.63, 3.8) is 0 Å². The van der Waals surface area contributed by atoms with Crippen LogP contribution in [0.15, 0.2) is 51.6 Å². The van der Waals surface area contributed by atoms with Gasteiger partial charge in [-0.05, 0) is 23.8 Å². The molecule has 0 atom stereocenters. The Hall–Kier alpha value is -2.48. The molecular weight excluding hydrogens is 454 g/mol. The fraction of sp³-hybridized carbons (Fsp3) is 0.312. The Labute approximate surface area is 179 Å². The van der Waals surface area contributed by atoms with Gasteiger partial charge < -0.3 is 0 Å². The van der Waals surface area contributed by atoms with Crippen LogP contribution in [-0.2, 0) is 27.1 Å².